The molecule has 3 aliphatic heterocycles. The van der Waals surface area contributed by atoms with Gasteiger partial charge >= 0.3 is 0 Å². The highest BCUT2D eigenvalue weighted by Gasteiger charge is 2.43. The third kappa shape index (κ3) is 2.27. The van der Waals surface area contributed by atoms with E-state index in [1.54, 1.807) is 6.20 Å². The summed E-state index contributed by atoms with van der Waals surface area (Å²) in [4.78, 5) is 35.9. The summed E-state index contributed by atoms with van der Waals surface area (Å²) in [7, 11) is 0. The van der Waals surface area contributed by atoms with Crippen molar-refractivity contribution < 1.29 is 9.53 Å². The molecule has 6 heterocycles. The number of aromatic amines is 1. The van der Waals surface area contributed by atoms with Crippen LogP contribution >= 0.6 is 0 Å². The number of fused-ring (bicyclic) bond motifs is 7. The van der Waals surface area contributed by atoms with Crippen LogP contribution in [0, 0.1) is 0 Å². The largest absolute Gasteiger partial charge is 0.381 e. The summed E-state index contributed by atoms with van der Waals surface area (Å²) < 4.78 is 9.78. The number of benzene rings is 1. The lowest BCUT2D eigenvalue weighted by Gasteiger charge is -2.37. The second kappa shape index (κ2) is 6.32. The molecule has 8 nitrogen and oxygen atoms in total. The predicted octanol–water partition coefficient (Wildman–Crippen LogP) is 3.14. The molecular weight excluding hydrogens is 406 g/mol. The Hall–Kier alpha value is -3.39. The molecule has 0 bridgehead atoms. The molecule has 0 spiro atoms. The summed E-state index contributed by atoms with van der Waals surface area (Å²) in [6.07, 6.45) is 5.53. The number of carbonyl (C=O) groups excluding carboxylic acids is 1. The van der Waals surface area contributed by atoms with Crippen LogP contribution in [0.3, 0.4) is 0 Å². The van der Waals surface area contributed by atoms with Gasteiger partial charge in [-0.15, -0.1) is 0 Å². The fourth-order valence-electron chi connectivity index (χ4n) is 5.92. The van der Waals surface area contributed by atoms with E-state index in [-0.39, 0.29) is 29.5 Å². The maximum absolute atomic E-state index is 13.4. The van der Waals surface area contributed by atoms with E-state index in [4.69, 9.17) is 4.74 Å². The monoisotopic (exact) mass is 429 g/mol. The van der Waals surface area contributed by atoms with Crippen molar-refractivity contribution in [3.05, 3.63) is 69.7 Å². The van der Waals surface area contributed by atoms with Gasteiger partial charge in [0.1, 0.15) is 11.3 Å². The minimum Gasteiger partial charge on any atom is -0.381 e. The fraction of sp³-hybridized carbons (Fsp3) is 0.375. The number of hydrogen-bond donors (Lipinski definition) is 1. The molecule has 0 aliphatic carbocycles. The molecule has 2 unspecified atom stereocenters. The molecule has 2 atom stereocenters. The highest BCUT2D eigenvalue weighted by molar-refractivity contribution is 6.02. The van der Waals surface area contributed by atoms with Gasteiger partial charge in [0.05, 0.1) is 29.3 Å². The number of carbonyl (C=O) groups is 1. The molecule has 4 aromatic rings. The molecule has 8 heteroatoms. The van der Waals surface area contributed by atoms with Crippen LogP contribution in [0.25, 0.3) is 16.6 Å². The molecule has 1 amide bonds. The minimum atomic E-state index is -0.185. The molecule has 7 rings (SSSR count). The average molecular weight is 429 g/mol. The van der Waals surface area contributed by atoms with Gasteiger partial charge < -0.3 is 19.2 Å². The SMILES string of the molecule is CC1c2cccn2CC2c3cc4c(cc3C(=O)N12)[nH]c(=O)c1cnc(C2CCOCC2)n14. The van der Waals surface area contributed by atoms with Crippen LogP contribution in [0.5, 0.6) is 0 Å². The highest BCUT2D eigenvalue weighted by atomic mass is 16.5. The van der Waals surface area contributed by atoms with Crippen LogP contribution in [-0.2, 0) is 11.3 Å². The van der Waals surface area contributed by atoms with E-state index in [1.807, 2.05) is 21.4 Å². The van der Waals surface area contributed by atoms with E-state index in [1.165, 1.54) is 0 Å². The molecule has 3 aliphatic rings. The van der Waals surface area contributed by atoms with Gasteiger partial charge in [0, 0.05) is 43.1 Å². The summed E-state index contributed by atoms with van der Waals surface area (Å²) in [6, 6.07) is 8.06. The van der Waals surface area contributed by atoms with Gasteiger partial charge in [-0.05, 0) is 49.6 Å². The number of nitrogens with zero attached hydrogens (tertiary/aromatic N) is 4. The predicted molar refractivity (Wildman–Crippen MR) is 118 cm³/mol. The zero-order valence-electron chi connectivity index (χ0n) is 17.7. The van der Waals surface area contributed by atoms with Crippen molar-refractivity contribution in [2.75, 3.05) is 13.2 Å². The molecule has 1 fully saturated rings. The number of imidazole rings is 1. The van der Waals surface area contributed by atoms with Crippen molar-refractivity contribution in [1.82, 2.24) is 23.8 Å². The maximum Gasteiger partial charge on any atom is 0.274 e. The van der Waals surface area contributed by atoms with Crippen molar-refractivity contribution in [3.63, 3.8) is 0 Å². The lowest BCUT2D eigenvalue weighted by Crippen LogP contribution is -2.38. The van der Waals surface area contributed by atoms with Gasteiger partial charge in [-0.25, -0.2) is 4.98 Å². The first kappa shape index (κ1) is 18.2. The number of amides is 1. The van der Waals surface area contributed by atoms with Gasteiger partial charge in [0.15, 0.2) is 0 Å². The molecule has 0 radical (unpaired) electrons. The third-order valence-corrected chi connectivity index (χ3v) is 7.50. The molecule has 3 aromatic heterocycles. The maximum atomic E-state index is 13.4. The first-order valence-corrected chi connectivity index (χ1v) is 11.2. The summed E-state index contributed by atoms with van der Waals surface area (Å²) >= 11 is 0. The van der Waals surface area contributed by atoms with Crippen LogP contribution < -0.4 is 5.56 Å². The Morgan fingerprint density at radius 3 is 2.84 bits per heavy atom. The second-order valence-corrected chi connectivity index (χ2v) is 9.12. The molecule has 162 valence electrons. The van der Waals surface area contributed by atoms with Gasteiger partial charge in [-0.1, -0.05) is 0 Å². The Balaban J connectivity index is 1.47. The standard InChI is InChI=1S/C24H23N5O3/c1-13-18-3-2-6-27(18)12-21-15-10-19-17(9-16(15)24(31)28(13)21)26-23(30)20-11-25-22(29(19)20)14-4-7-32-8-5-14/h2-3,6,9-11,13-14,21H,4-5,7-8,12H2,1H3,(H,26,30). The van der Waals surface area contributed by atoms with Crippen molar-refractivity contribution >= 4 is 22.5 Å². The van der Waals surface area contributed by atoms with Gasteiger partial charge in [-0.2, -0.15) is 0 Å². The topological polar surface area (TPSA) is 84.6 Å². The Morgan fingerprint density at radius 2 is 2.00 bits per heavy atom. The van der Waals surface area contributed by atoms with Crippen LogP contribution in [-0.4, -0.2) is 43.0 Å². The fourth-order valence-corrected chi connectivity index (χ4v) is 5.92. The molecule has 1 aromatic carbocycles. The Morgan fingerprint density at radius 1 is 1.16 bits per heavy atom. The number of nitrogens with one attached hydrogen (secondary N) is 1. The van der Waals surface area contributed by atoms with Gasteiger partial charge in [-0.3, -0.25) is 14.0 Å². The quantitative estimate of drug-likeness (QED) is 0.504. The van der Waals surface area contributed by atoms with E-state index in [0.29, 0.717) is 29.8 Å². The highest BCUT2D eigenvalue weighted by Crippen LogP contribution is 2.45. The zero-order chi connectivity index (χ0) is 21.6. The number of ether oxygens (including phenoxy) is 1. The van der Waals surface area contributed by atoms with Crippen LogP contribution in [0.2, 0.25) is 0 Å². The molecular formula is C24H23N5O3. The van der Waals surface area contributed by atoms with E-state index >= 15 is 0 Å². The van der Waals surface area contributed by atoms with E-state index < -0.39 is 0 Å². The normalized spacial score (nSPS) is 23.0. The van der Waals surface area contributed by atoms with E-state index in [2.05, 4.69) is 39.8 Å². The molecule has 32 heavy (non-hydrogen) atoms. The number of rotatable bonds is 1. The van der Waals surface area contributed by atoms with Crippen LogP contribution in [0.15, 0.2) is 41.5 Å². The lowest BCUT2D eigenvalue weighted by atomic mass is 9.99. The van der Waals surface area contributed by atoms with Gasteiger partial charge in [0.25, 0.3) is 11.5 Å². The summed E-state index contributed by atoms with van der Waals surface area (Å²) in [5.41, 5.74) is 4.79. The summed E-state index contributed by atoms with van der Waals surface area (Å²) in [5.74, 6) is 1.19. The number of aromatic nitrogens is 4. The molecule has 0 saturated carbocycles. The third-order valence-electron chi connectivity index (χ3n) is 7.50. The number of hydrogen-bond acceptors (Lipinski definition) is 4. The number of H-pyrrole nitrogens is 1. The zero-order valence-corrected chi connectivity index (χ0v) is 17.7. The Bertz CT molecular complexity index is 1470. The van der Waals surface area contributed by atoms with Crippen LogP contribution in [0.1, 0.15) is 65.2 Å². The first-order valence-electron chi connectivity index (χ1n) is 11.2. The summed E-state index contributed by atoms with van der Waals surface area (Å²) in [6.45, 7) is 4.23. The Kier molecular flexibility index (Phi) is 3.60. The Labute approximate surface area is 183 Å². The van der Waals surface area contributed by atoms with Gasteiger partial charge in [0.2, 0.25) is 0 Å². The van der Waals surface area contributed by atoms with E-state index in [0.717, 1.165) is 42.0 Å². The minimum absolute atomic E-state index is 0.00289. The van der Waals surface area contributed by atoms with E-state index in [9.17, 15) is 9.59 Å². The van der Waals surface area contributed by atoms with Crippen molar-refractivity contribution in [3.8, 4) is 0 Å². The smallest absolute Gasteiger partial charge is 0.274 e. The summed E-state index contributed by atoms with van der Waals surface area (Å²) in [5, 5.41) is 0. The van der Waals surface area contributed by atoms with Crippen LogP contribution in [0.4, 0.5) is 0 Å². The van der Waals surface area contributed by atoms with Crippen molar-refractivity contribution in [2.24, 2.45) is 0 Å². The second-order valence-electron chi connectivity index (χ2n) is 9.12. The van der Waals surface area contributed by atoms with Crippen molar-refractivity contribution in [2.45, 2.75) is 44.3 Å². The molecule has 1 N–H and O–H groups in total. The molecule has 1 saturated heterocycles. The van der Waals surface area contributed by atoms with Crippen molar-refractivity contribution in [1.29, 1.82) is 0 Å². The first-order chi connectivity index (χ1) is 15.6. The average Bonchev–Trinajstić information content (AvgIpc) is 3.52. The lowest BCUT2D eigenvalue weighted by molar-refractivity contribution is 0.0560.